The molecule has 0 radical (unpaired) electrons. The molecule has 34 heavy (non-hydrogen) atoms. The number of carbonyl (C=O) groups excluding carboxylic acids is 1. The van der Waals surface area contributed by atoms with Gasteiger partial charge in [-0.2, -0.15) is 8.42 Å². The Kier molecular flexibility index (Phi) is 7.25. The summed E-state index contributed by atoms with van der Waals surface area (Å²) in [7, 11) is -4.05. The average Bonchev–Trinajstić information content (AvgIpc) is 3.10. The molecule has 4 aliphatic carbocycles. The van der Waals surface area contributed by atoms with E-state index in [4.69, 9.17) is 4.55 Å². The van der Waals surface area contributed by atoms with Crippen molar-refractivity contribution in [2.45, 2.75) is 104 Å². The lowest BCUT2D eigenvalue weighted by molar-refractivity contribution is -0.218. The highest BCUT2D eigenvalue weighted by Crippen LogP contribution is 2.72. The van der Waals surface area contributed by atoms with Gasteiger partial charge in [-0.25, -0.2) is 0 Å². The van der Waals surface area contributed by atoms with Crippen molar-refractivity contribution in [2.75, 3.05) is 12.3 Å². The number of hydrogen-bond donors (Lipinski definition) is 3. The number of rotatable bonds is 7. The SMILES string of the molecule is C[C@H](CCC(=O)NCCS(=O)(=O)O)[C@H]1CC[C@@H]2C1(C)CCC1[C@@]2(C)[C@H](O)C[C@@H]2CCCC[C@]12C. The third-order valence-corrected chi connectivity index (χ3v) is 12.3. The summed E-state index contributed by atoms with van der Waals surface area (Å²) in [5.41, 5.74) is 0.555. The smallest absolute Gasteiger partial charge is 0.266 e. The Balaban J connectivity index is 1.43. The number of aliphatic hydroxyl groups excluding tert-OH is 1. The van der Waals surface area contributed by atoms with E-state index in [2.05, 4.69) is 33.0 Å². The molecule has 196 valence electrons. The summed E-state index contributed by atoms with van der Waals surface area (Å²) in [6.45, 7) is 9.67. The van der Waals surface area contributed by atoms with Crippen LogP contribution in [0.4, 0.5) is 0 Å². The minimum atomic E-state index is -4.05. The Labute approximate surface area is 206 Å². The number of amides is 1. The Morgan fingerprint density at radius 1 is 1.03 bits per heavy atom. The summed E-state index contributed by atoms with van der Waals surface area (Å²) < 4.78 is 30.5. The molecule has 3 N–H and O–H groups in total. The highest BCUT2D eigenvalue weighted by atomic mass is 32.2. The molecule has 4 aliphatic rings. The minimum absolute atomic E-state index is 0.0166. The van der Waals surface area contributed by atoms with Gasteiger partial charge in [-0.3, -0.25) is 9.35 Å². The molecule has 0 saturated heterocycles. The predicted molar refractivity (Wildman–Crippen MR) is 134 cm³/mol. The molecule has 4 fully saturated rings. The normalized spacial score (nSPS) is 45.1. The number of hydrogen-bond acceptors (Lipinski definition) is 4. The van der Waals surface area contributed by atoms with Crippen LogP contribution in [0.2, 0.25) is 0 Å². The third kappa shape index (κ3) is 4.47. The predicted octanol–water partition coefficient (Wildman–Crippen LogP) is 4.82. The minimum Gasteiger partial charge on any atom is -0.393 e. The highest BCUT2D eigenvalue weighted by Gasteiger charge is 2.67. The lowest BCUT2D eigenvalue weighted by Crippen LogP contribution is -2.63. The molecular formula is C27H47NO5S. The van der Waals surface area contributed by atoms with Gasteiger partial charge in [-0.1, -0.05) is 40.5 Å². The van der Waals surface area contributed by atoms with Crippen molar-refractivity contribution in [1.29, 1.82) is 0 Å². The van der Waals surface area contributed by atoms with Crippen molar-refractivity contribution < 1.29 is 22.9 Å². The topological polar surface area (TPSA) is 104 Å². The molecule has 1 amide bonds. The van der Waals surface area contributed by atoms with Gasteiger partial charge in [0, 0.05) is 18.4 Å². The summed E-state index contributed by atoms with van der Waals surface area (Å²) in [4.78, 5) is 12.2. The van der Waals surface area contributed by atoms with Crippen LogP contribution in [0.25, 0.3) is 0 Å². The molecule has 0 aromatic rings. The van der Waals surface area contributed by atoms with E-state index < -0.39 is 15.9 Å². The second-order valence-corrected chi connectivity index (χ2v) is 14.6. The zero-order valence-corrected chi connectivity index (χ0v) is 22.5. The number of nitrogens with one attached hydrogen (secondary N) is 1. The molecule has 0 aliphatic heterocycles. The molecule has 0 aromatic carbocycles. The maximum atomic E-state index is 12.2. The van der Waals surface area contributed by atoms with Crippen molar-refractivity contribution in [2.24, 2.45) is 45.8 Å². The molecule has 0 aromatic heterocycles. The van der Waals surface area contributed by atoms with Crippen LogP contribution in [0, 0.1) is 45.8 Å². The van der Waals surface area contributed by atoms with Crippen LogP contribution in [0.3, 0.4) is 0 Å². The zero-order valence-electron chi connectivity index (χ0n) is 21.7. The van der Waals surface area contributed by atoms with Gasteiger partial charge in [0.15, 0.2) is 0 Å². The van der Waals surface area contributed by atoms with Gasteiger partial charge in [0.25, 0.3) is 10.1 Å². The fraction of sp³-hybridized carbons (Fsp3) is 0.963. The quantitative estimate of drug-likeness (QED) is 0.438. The first kappa shape index (κ1) is 26.4. The van der Waals surface area contributed by atoms with Crippen molar-refractivity contribution in [3.05, 3.63) is 0 Å². The second-order valence-electron chi connectivity index (χ2n) is 13.1. The third-order valence-electron chi connectivity index (χ3n) is 11.6. The largest absolute Gasteiger partial charge is 0.393 e. The number of carbonyl (C=O) groups is 1. The molecular weight excluding hydrogens is 450 g/mol. The fourth-order valence-electron chi connectivity index (χ4n) is 9.86. The van der Waals surface area contributed by atoms with Crippen LogP contribution in [-0.2, 0) is 14.9 Å². The average molecular weight is 498 g/mol. The van der Waals surface area contributed by atoms with Crippen LogP contribution in [0.1, 0.15) is 98.3 Å². The van der Waals surface area contributed by atoms with E-state index in [0.29, 0.717) is 41.4 Å². The standard InChI is InChI=1S/C27H47NO5S/c1-18(8-11-24(30)28-15-16-34(31,32)33)20-9-10-21-26(20,3)14-12-22-25(2)13-6-5-7-19(25)17-23(29)27(21,22)4/h18-23,29H,5-17H2,1-4H3,(H,28,30)(H,31,32,33)/t18-,19+,20-,21-,22?,23-,25+,26?,27+/m1/s1. The lowest BCUT2D eigenvalue weighted by atomic mass is 9.38. The highest BCUT2D eigenvalue weighted by molar-refractivity contribution is 7.85. The molecule has 6 nitrogen and oxygen atoms in total. The first-order chi connectivity index (χ1) is 15.8. The summed E-state index contributed by atoms with van der Waals surface area (Å²) >= 11 is 0. The first-order valence-corrected chi connectivity index (χ1v) is 15.3. The van der Waals surface area contributed by atoms with Gasteiger partial charge in [0.05, 0.1) is 11.9 Å². The summed E-state index contributed by atoms with van der Waals surface area (Å²) in [5.74, 6) is 2.17. The zero-order chi connectivity index (χ0) is 24.9. The molecule has 7 heteroatoms. The molecule has 4 saturated carbocycles. The maximum absolute atomic E-state index is 12.2. The summed E-state index contributed by atoms with van der Waals surface area (Å²) in [6, 6.07) is 0. The fourth-order valence-corrected chi connectivity index (χ4v) is 10.2. The molecule has 0 bridgehead atoms. The van der Waals surface area contributed by atoms with Crippen molar-refractivity contribution in [3.63, 3.8) is 0 Å². The Bertz CT molecular complexity index is 876. The van der Waals surface area contributed by atoms with Crippen LogP contribution in [-0.4, -0.2) is 42.4 Å². The van der Waals surface area contributed by atoms with E-state index in [9.17, 15) is 18.3 Å². The first-order valence-electron chi connectivity index (χ1n) is 13.7. The van der Waals surface area contributed by atoms with E-state index in [1.54, 1.807) is 0 Å². The van der Waals surface area contributed by atoms with Gasteiger partial charge in [0.1, 0.15) is 0 Å². The van der Waals surface area contributed by atoms with Gasteiger partial charge < -0.3 is 10.4 Å². The van der Waals surface area contributed by atoms with E-state index in [-0.39, 0.29) is 29.4 Å². The molecule has 0 spiro atoms. The molecule has 9 atom stereocenters. The van der Waals surface area contributed by atoms with E-state index in [1.807, 2.05) is 0 Å². The summed E-state index contributed by atoms with van der Waals surface area (Å²) in [6.07, 6.45) is 12.0. The maximum Gasteiger partial charge on any atom is 0.266 e. The van der Waals surface area contributed by atoms with Crippen molar-refractivity contribution in [3.8, 4) is 0 Å². The second kappa shape index (κ2) is 9.33. The van der Waals surface area contributed by atoms with Gasteiger partial charge in [0.2, 0.25) is 5.91 Å². The van der Waals surface area contributed by atoms with E-state index in [1.165, 1.54) is 51.4 Å². The van der Waals surface area contributed by atoms with E-state index >= 15 is 0 Å². The van der Waals surface area contributed by atoms with Crippen LogP contribution in [0.15, 0.2) is 0 Å². The van der Waals surface area contributed by atoms with Gasteiger partial charge in [-0.15, -0.1) is 0 Å². The monoisotopic (exact) mass is 497 g/mol. The number of fused-ring (bicyclic) bond motifs is 5. The van der Waals surface area contributed by atoms with Crippen LogP contribution >= 0.6 is 0 Å². The van der Waals surface area contributed by atoms with Gasteiger partial charge in [-0.05, 0) is 91.8 Å². The van der Waals surface area contributed by atoms with Crippen molar-refractivity contribution in [1.82, 2.24) is 5.32 Å². The van der Waals surface area contributed by atoms with Crippen molar-refractivity contribution >= 4 is 16.0 Å². The Morgan fingerprint density at radius 3 is 2.44 bits per heavy atom. The Morgan fingerprint density at radius 2 is 1.74 bits per heavy atom. The van der Waals surface area contributed by atoms with Gasteiger partial charge >= 0.3 is 0 Å². The van der Waals surface area contributed by atoms with Crippen LogP contribution in [0.5, 0.6) is 0 Å². The van der Waals surface area contributed by atoms with E-state index in [0.717, 1.165) is 12.8 Å². The molecule has 2 unspecified atom stereocenters. The Hall–Kier alpha value is -0.660. The summed E-state index contributed by atoms with van der Waals surface area (Å²) in [5, 5.41) is 14.2. The molecule has 4 rings (SSSR count). The number of aliphatic hydroxyl groups is 1. The molecule has 0 heterocycles. The lowest BCUT2D eigenvalue weighted by Gasteiger charge is -2.67. The van der Waals surface area contributed by atoms with Crippen LogP contribution < -0.4 is 5.32 Å².